The van der Waals surface area contributed by atoms with Gasteiger partial charge in [0.2, 0.25) is 0 Å². The third kappa shape index (κ3) is 2.73. The minimum absolute atomic E-state index is 0.230. The van der Waals surface area contributed by atoms with Gasteiger partial charge in [-0.25, -0.2) is 4.39 Å². The van der Waals surface area contributed by atoms with Crippen molar-refractivity contribution in [1.29, 1.82) is 0 Å². The van der Waals surface area contributed by atoms with E-state index in [0.717, 1.165) is 0 Å². The molecule has 2 aromatic rings. The van der Waals surface area contributed by atoms with Gasteiger partial charge in [-0.3, -0.25) is 4.79 Å². The Hall–Kier alpha value is -2.36. The molecule has 0 radical (unpaired) electrons. The summed E-state index contributed by atoms with van der Waals surface area (Å²) < 4.78 is 13.2. The number of nitrogens with two attached hydrogens (primary N) is 1. The lowest BCUT2D eigenvalue weighted by molar-refractivity contribution is 0.0989. The van der Waals surface area contributed by atoms with Crippen LogP contribution in [0.15, 0.2) is 48.5 Å². The first-order chi connectivity index (χ1) is 9.13. The Morgan fingerprint density at radius 2 is 1.95 bits per heavy atom. The zero-order valence-corrected chi connectivity index (χ0v) is 10.6. The molecule has 0 heterocycles. The molecule has 0 saturated heterocycles. The van der Waals surface area contributed by atoms with Gasteiger partial charge >= 0.3 is 0 Å². The molecule has 0 aliphatic heterocycles. The van der Waals surface area contributed by atoms with E-state index in [-0.39, 0.29) is 11.7 Å². The molecule has 0 unspecified atom stereocenters. The SMILES string of the molecule is CCN(C(=O)c1ccccc1N)c1cccc(F)c1. The lowest BCUT2D eigenvalue weighted by atomic mass is 10.1. The molecule has 2 N–H and O–H groups in total. The fourth-order valence-corrected chi connectivity index (χ4v) is 1.92. The molecule has 0 aliphatic carbocycles. The number of carbonyl (C=O) groups is 1. The number of nitrogen functional groups attached to an aromatic ring is 1. The van der Waals surface area contributed by atoms with Gasteiger partial charge in [0.05, 0.1) is 5.56 Å². The zero-order chi connectivity index (χ0) is 13.8. The first-order valence-corrected chi connectivity index (χ1v) is 6.05. The number of hydrogen-bond donors (Lipinski definition) is 1. The van der Waals surface area contributed by atoms with Gasteiger partial charge in [-0.1, -0.05) is 18.2 Å². The Balaban J connectivity index is 2.38. The third-order valence-corrected chi connectivity index (χ3v) is 2.87. The van der Waals surface area contributed by atoms with Gasteiger partial charge in [-0.2, -0.15) is 0 Å². The van der Waals surface area contributed by atoms with Crippen molar-refractivity contribution in [1.82, 2.24) is 0 Å². The zero-order valence-electron chi connectivity index (χ0n) is 10.6. The van der Waals surface area contributed by atoms with Crippen molar-refractivity contribution in [2.75, 3.05) is 17.2 Å². The third-order valence-electron chi connectivity index (χ3n) is 2.87. The number of para-hydroxylation sites is 1. The Morgan fingerprint density at radius 3 is 2.58 bits per heavy atom. The molecule has 0 aromatic heterocycles. The highest BCUT2D eigenvalue weighted by Gasteiger charge is 2.18. The number of anilines is 2. The summed E-state index contributed by atoms with van der Waals surface area (Å²) in [5.41, 5.74) is 7.17. The summed E-state index contributed by atoms with van der Waals surface area (Å²) in [4.78, 5) is 13.9. The molecule has 1 amide bonds. The van der Waals surface area contributed by atoms with Crippen molar-refractivity contribution < 1.29 is 9.18 Å². The second kappa shape index (κ2) is 5.52. The van der Waals surface area contributed by atoms with Crippen LogP contribution in [-0.2, 0) is 0 Å². The second-order valence-electron chi connectivity index (χ2n) is 4.12. The van der Waals surface area contributed by atoms with Gasteiger partial charge in [0.15, 0.2) is 0 Å². The smallest absolute Gasteiger partial charge is 0.260 e. The van der Waals surface area contributed by atoms with Crippen LogP contribution < -0.4 is 10.6 Å². The molecule has 0 saturated carbocycles. The molecule has 0 atom stereocenters. The van der Waals surface area contributed by atoms with E-state index in [9.17, 15) is 9.18 Å². The number of halogens is 1. The molecule has 3 nitrogen and oxygen atoms in total. The van der Waals surface area contributed by atoms with E-state index in [1.165, 1.54) is 17.0 Å². The van der Waals surface area contributed by atoms with Crippen LogP contribution >= 0.6 is 0 Å². The molecule has 4 heteroatoms. The van der Waals surface area contributed by atoms with E-state index in [4.69, 9.17) is 5.73 Å². The van der Waals surface area contributed by atoms with Gasteiger partial charge in [-0.05, 0) is 37.3 Å². The van der Waals surface area contributed by atoms with E-state index >= 15 is 0 Å². The normalized spacial score (nSPS) is 10.2. The lowest BCUT2D eigenvalue weighted by Crippen LogP contribution is -2.31. The van der Waals surface area contributed by atoms with Crippen molar-refractivity contribution in [3.05, 3.63) is 59.9 Å². The molecule has 0 aliphatic rings. The van der Waals surface area contributed by atoms with Gasteiger partial charge in [-0.15, -0.1) is 0 Å². The topological polar surface area (TPSA) is 46.3 Å². The minimum Gasteiger partial charge on any atom is -0.398 e. The van der Waals surface area contributed by atoms with Crippen molar-refractivity contribution in [3.63, 3.8) is 0 Å². The predicted molar refractivity (Wildman–Crippen MR) is 74.6 cm³/mol. The second-order valence-corrected chi connectivity index (χ2v) is 4.12. The van der Waals surface area contributed by atoms with Crippen LogP contribution in [0.3, 0.4) is 0 Å². The summed E-state index contributed by atoms with van der Waals surface area (Å²) in [7, 11) is 0. The molecule has 19 heavy (non-hydrogen) atoms. The summed E-state index contributed by atoms with van der Waals surface area (Å²) in [5, 5.41) is 0. The first-order valence-electron chi connectivity index (χ1n) is 6.05. The van der Waals surface area contributed by atoms with Crippen molar-refractivity contribution in [2.45, 2.75) is 6.92 Å². The van der Waals surface area contributed by atoms with Crippen molar-refractivity contribution >= 4 is 17.3 Å². The summed E-state index contributed by atoms with van der Waals surface area (Å²) in [5.74, 6) is -0.601. The highest BCUT2D eigenvalue weighted by molar-refractivity contribution is 6.09. The van der Waals surface area contributed by atoms with Crippen molar-refractivity contribution in [3.8, 4) is 0 Å². The Bertz CT molecular complexity index is 598. The summed E-state index contributed by atoms with van der Waals surface area (Å²) >= 11 is 0. The molecule has 0 fully saturated rings. The maximum Gasteiger partial charge on any atom is 0.260 e. The fourth-order valence-electron chi connectivity index (χ4n) is 1.92. The monoisotopic (exact) mass is 258 g/mol. The van der Waals surface area contributed by atoms with Gasteiger partial charge in [0, 0.05) is 17.9 Å². The minimum atomic E-state index is -0.371. The lowest BCUT2D eigenvalue weighted by Gasteiger charge is -2.21. The number of amides is 1. The largest absolute Gasteiger partial charge is 0.398 e. The fraction of sp³-hybridized carbons (Fsp3) is 0.133. The average Bonchev–Trinajstić information content (AvgIpc) is 2.40. The van der Waals surface area contributed by atoms with Gasteiger partial charge < -0.3 is 10.6 Å². The van der Waals surface area contributed by atoms with Crippen LogP contribution in [0.25, 0.3) is 0 Å². The van der Waals surface area contributed by atoms with Crippen LogP contribution in [0.2, 0.25) is 0 Å². The molecule has 2 aromatic carbocycles. The molecule has 98 valence electrons. The van der Waals surface area contributed by atoms with Gasteiger partial charge in [0.1, 0.15) is 5.82 Å². The standard InChI is InChI=1S/C15H15FN2O/c1-2-18(12-7-5-6-11(16)10-12)15(19)13-8-3-4-9-14(13)17/h3-10H,2,17H2,1H3. The van der Waals surface area contributed by atoms with E-state index < -0.39 is 0 Å². The number of benzene rings is 2. The number of nitrogens with zero attached hydrogens (tertiary/aromatic N) is 1. The Morgan fingerprint density at radius 1 is 1.21 bits per heavy atom. The first kappa shape index (κ1) is 13.1. The molecular weight excluding hydrogens is 243 g/mol. The molecule has 0 spiro atoms. The molecular formula is C15H15FN2O. The average molecular weight is 258 g/mol. The Kier molecular flexibility index (Phi) is 3.80. The van der Waals surface area contributed by atoms with E-state index in [2.05, 4.69) is 0 Å². The maximum absolute atomic E-state index is 13.2. The van der Waals surface area contributed by atoms with E-state index in [1.54, 1.807) is 36.4 Å². The van der Waals surface area contributed by atoms with Crippen LogP contribution in [0.5, 0.6) is 0 Å². The molecule has 2 rings (SSSR count). The summed E-state index contributed by atoms with van der Waals surface area (Å²) in [6, 6.07) is 12.8. The summed E-state index contributed by atoms with van der Waals surface area (Å²) in [6.45, 7) is 2.28. The van der Waals surface area contributed by atoms with Crippen molar-refractivity contribution in [2.24, 2.45) is 0 Å². The van der Waals surface area contributed by atoms with Gasteiger partial charge in [0.25, 0.3) is 5.91 Å². The number of carbonyl (C=O) groups excluding carboxylic acids is 1. The van der Waals surface area contributed by atoms with E-state index in [0.29, 0.717) is 23.5 Å². The highest BCUT2D eigenvalue weighted by atomic mass is 19.1. The van der Waals surface area contributed by atoms with Crippen LogP contribution in [0.1, 0.15) is 17.3 Å². The highest BCUT2D eigenvalue weighted by Crippen LogP contribution is 2.20. The number of hydrogen-bond acceptors (Lipinski definition) is 2. The van der Waals surface area contributed by atoms with E-state index in [1.807, 2.05) is 6.92 Å². The summed E-state index contributed by atoms with van der Waals surface area (Å²) in [6.07, 6.45) is 0. The Labute approximate surface area is 111 Å². The van der Waals surface area contributed by atoms with Crippen LogP contribution in [0.4, 0.5) is 15.8 Å². The predicted octanol–water partition coefficient (Wildman–Crippen LogP) is 3.07. The molecule has 0 bridgehead atoms. The quantitative estimate of drug-likeness (QED) is 0.860. The van der Waals surface area contributed by atoms with Crippen LogP contribution in [0, 0.1) is 5.82 Å². The number of rotatable bonds is 3. The maximum atomic E-state index is 13.2. The van der Waals surface area contributed by atoms with Crippen LogP contribution in [-0.4, -0.2) is 12.5 Å².